The molecule has 4 aromatic rings. The minimum atomic E-state index is -0.793. The zero-order chi connectivity index (χ0) is 22.3. The molecule has 0 amide bonds. The van der Waals surface area contributed by atoms with Crippen LogP contribution in [0.1, 0.15) is 11.1 Å². The number of allylic oxidation sites excluding steroid dienone is 1. The van der Waals surface area contributed by atoms with E-state index >= 15 is 0 Å². The summed E-state index contributed by atoms with van der Waals surface area (Å²) in [6.07, 6.45) is 6.70. The topological polar surface area (TPSA) is 90.1 Å². The minimum Gasteiger partial charge on any atom is -0.437 e. The number of thiophene rings is 1. The fraction of sp³-hybridized carbons (Fsp3) is 0.167. The van der Waals surface area contributed by atoms with E-state index in [1.807, 2.05) is 66.1 Å². The molecule has 2 heterocycles. The second-order valence-electron chi connectivity index (χ2n) is 7.22. The third kappa shape index (κ3) is 5.72. The predicted octanol–water partition coefficient (Wildman–Crippen LogP) is 5.16. The van der Waals surface area contributed by atoms with Gasteiger partial charge in [0.05, 0.1) is 5.52 Å². The van der Waals surface area contributed by atoms with Crippen molar-refractivity contribution in [1.82, 2.24) is 9.97 Å². The molecule has 2 aromatic heterocycles. The van der Waals surface area contributed by atoms with Gasteiger partial charge >= 0.3 is 0 Å². The zero-order valence-electron chi connectivity index (χ0n) is 17.7. The number of nitrogens with two attached hydrogens (primary N) is 1. The van der Waals surface area contributed by atoms with Crippen molar-refractivity contribution in [2.75, 3.05) is 17.3 Å². The molecule has 0 saturated heterocycles. The quantitative estimate of drug-likeness (QED) is 0.355. The molecule has 0 spiro atoms. The SMILES string of the molecule is CS(=O)CCc1ccc(Nc2nc(Oc3cccc(CC=CN)c3)c3sccc3n2)cc1. The Labute approximate surface area is 193 Å². The molecule has 2 aromatic carbocycles. The number of fused-ring (bicyclic) bond motifs is 1. The van der Waals surface area contributed by atoms with E-state index < -0.39 is 10.8 Å². The van der Waals surface area contributed by atoms with Crippen LogP contribution in [0.2, 0.25) is 0 Å². The van der Waals surface area contributed by atoms with Crippen LogP contribution in [-0.2, 0) is 23.6 Å². The molecule has 8 heteroatoms. The van der Waals surface area contributed by atoms with Gasteiger partial charge in [0.1, 0.15) is 10.4 Å². The number of ether oxygens (including phenoxy) is 1. The number of rotatable bonds is 9. The highest BCUT2D eigenvalue weighted by Gasteiger charge is 2.12. The highest BCUT2D eigenvalue weighted by molar-refractivity contribution is 7.84. The van der Waals surface area contributed by atoms with E-state index in [-0.39, 0.29) is 0 Å². The Morgan fingerprint density at radius 3 is 2.75 bits per heavy atom. The van der Waals surface area contributed by atoms with Gasteiger partial charge in [0.15, 0.2) is 0 Å². The molecule has 0 saturated carbocycles. The molecule has 32 heavy (non-hydrogen) atoms. The molecule has 0 bridgehead atoms. The van der Waals surface area contributed by atoms with Gasteiger partial charge in [-0.1, -0.05) is 30.3 Å². The molecule has 3 N–H and O–H groups in total. The Hall–Kier alpha value is -3.23. The molecule has 6 nitrogen and oxygen atoms in total. The van der Waals surface area contributed by atoms with Gasteiger partial charge in [-0.05, 0) is 65.9 Å². The molecule has 4 rings (SSSR count). The van der Waals surface area contributed by atoms with E-state index in [4.69, 9.17) is 10.5 Å². The smallest absolute Gasteiger partial charge is 0.242 e. The maximum atomic E-state index is 11.3. The molecule has 0 fully saturated rings. The average molecular weight is 465 g/mol. The number of hydrogen-bond donors (Lipinski definition) is 2. The summed E-state index contributed by atoms with van der Waals surface area (Å²) in [6.45, 7) is 0. The second kappa shape index (κ2) is 10.4. The van der Waals surface area contributed by atoms with Crippen molar-refractivity contribution in [3.63, 3.8) is 0 Å². The Bertz CT molecular complexity index is 1250. The lowest BCUT2D eigenvalue weighted by Crippen LogP contribution is -2.01. The van der Waals surface area contributed by atoms with Crippen LogP contribution in [0.25, 0.3) is 10.2 Å². The zero-order valence-corrected chi connectivity index (χ0v) is 19.3. The number of nitrogens with zero attached hydrogens (tertiary/aromatic N) is 2. The fourth-order valence-corrected chi connectivity index (χ4v) is 4.44. The summed E-state index contributed by atoms with van der Waals surface area (Å²) >= 11 is 1.55. The number of aromatic nitrogens is 2. The first kappa shape index (κ1) is 22.0. The van der Waals surface area contributed by atoms with Gasteiger partial charge in [0.2, 0.25) is 11.8 Å². The van der Waals surface area contributed by atoms with Gasteiger partial charge in [-0.3, -0.25) is 4.21 Å². The third-order valence-corrected chi connectivity index (χ3v) is 6.43. The van der Waals surface area contributed by atoms with Gasteiger partial charge < -0.3 is 15.8 Å². The van der Waals surface area contributed by atoms with E-state index in [1.165, 1.54) is 0 Å². The molecule has 1 atom stereocenters. The Morgan fingerprint density at radius 1 is 1.12 bits per heavy atom. The maximum absolute atomic E-state index is 11.3. The van der Waals surface area contributed by atoms with Crippen molar-refractivity contribution in [3.8, 4) is 11.6 Å². The second-order valence-corrected chi connectivity index (χ2v) is 9.69. The summed E-state index contributed by atoms with van der Waals surface area (Å²) in [5.41, 5.74) is 9.41. The Morgan fingerprint density at radius 2 is 1.97 bits per heavy atom. The monoisotopic (exact) mass is 464 g/mol. The first-order valence-electron chi connectivity index (χ1n) is 10.2. The van der Waals surface area contributed by atoms with Crippen molar-refractivity contribution in [2.45, 2.75) is 12.8 Å². The van der Waals surface area contributed by atoms with Gasteiger partial charge in [-0.2, -0.15) is 4.98 Å². The molecular formula is C24H24N4O2S2. The van der Waals surface area contributed by atoms with E-state index in [2.05, 4.69) is 15.3 Å². The summed E-state index contributed by atoms with van der Waals surface area (Å²) in [6, 6.07) is 17.8. The Kier molecular flexibility index (Phi) is 7.14. The van der Waals surface area contributed by atoms with Crippen LogP contribution >= 0.6 is 11.3 Å². The lowest BCUT2D eigenvalue weighted by atomic mass is 10.1. The molecule has 164 valence electrons. The summed E-state index contributed by atoms with van der Waals surface area (Å²) in [5.74, 6) is 2.36. The highest BCUT2D eigenvalue weighted by Crippen LogP contribution is 2.33. The summed E-state index contributed by atoms with van der Waals surface area (Å²) < 4.78 is 18.4. The van der Waals surface area contributed by atoms with Gasteiger partial charge in [0, 0.05) is 28.5 Å². The van der Waals surface area contributed by atoms with Crippen LogP contribution in [-0.4, -0.2) is 26.2 Å². The molecule has 0 radical (unpaired) electrons. The summed E-state index contributed by atoms with van der Waals surface area (Å²) in [5, 5.41) is 5.24. The van der Waals surface area contributed by atoms with Crippen LogP contribution in [0.15, 0.2) is 72.3 Å². The van der Waals surface area contributed by atoms with Crippen molar-refractivity contribution >= 4 is 44.0 Å². The third-order valence-electron chi connectivity index (χ3n) is 4.76. The molecule has 0 aliphatic heterocycles. The van der Waals surface area contributed by atoms with Crippen LogP contribution in [0, 0.1) is 0 Å². The Balaban J connectivity index is 1.55. The number of nitrogens with one attached hydrogen (secondary N) is 1. The van der Waals surface area contributed by atoms with E-state index in [1.54, 1.807) is 23.8 Å². The number of aryl methyl sites for hydroxylation is 1. The highest BCUT2D eigenvalue weighted by atomic mass is 32.2. The summed E-state index contributed by atoms with van der Waals surface area (Å²) in [7, 11) is -0.793. The normalized spacial score (nSPS) is 12.3. The van der Waals surface area contributed by atoms with Crippen LogP contribution in [0.3, 0.4) is 0 Å². The average Bonchev–Trinajstić information content (AvgIpc) is 3.26. The van der Waals surface area contributed by atoms with Crippen LogP contribution in [0.5, 0.6) is 11.6 Å². The maximum Gasteiger partial charge on any atom is 0.242 e. The van der Waals surface area contributed by atoms with Gasteiger partial charge in [-0.15, -0.1) is 11.3 Å². The lowest BCUT2D eigenvalue weighted by Gasteiger charge is -2.10. The van der Waals surface area contributed by atoms with E-state index in [0.717, 1.165) is 39.9 Å². The van der Waals surface area contributed by atoms with E-state index in [0.29, 0.717) is 23.3 Å². The van der Waals surface area contributed by atoms with Crippen molar-refractivity contribution in [3.05, 3.63) is 83.4 Å². The molecular weight excluding hydrogens is 440 g/mol. The standard InChI is InChI=1S/C24H24N4O2S2/c1-32(29)15-12-17-7-9-19(10-8-17)26-24-27-21-11-14-31-22(21)23(28-24)30-20-6-2-4-18(16-20)5-3-13-25/h2-4,6-11,13-14,16H,5,12,15,25H2,1H3,(H,26,27,28). The largest absolute Gasteiger partial charge is 0.437 e. The first-order chi connectivity index (χ1) is 15.6. The molecule has 1 unspecified atom stereocenters. The fourth-order valence-electron chi connectivity index (χ4n) is 3.16. The molecule has 0 aliphatic rings. The number of benzene rings is 2. The van der Waals surface area contributed by atoms with Crippen molar-refractivity contribution < 1.29 is 8.95 Å². The first-order valence-corrected chi connectivity index (χ1v) is 12.8. The predicted molar refractivity (Wildman–Crippen MR) is 133 cm³/mol. The lowest BCUT2D eigenvalue weighted by molar-refractivity contribution is 0.469. The van der Waals surface area contributed by atoms with Crippen LogP contribution in [0.4, 0.5) is 11.6 Å². The van der Waals surface area contributed by atoms with Gasteiger partial charge in [-0.25, -0.2) is 4.98 Å². The number of hydrogen-bond acceptors (Lipinski definition) is 7. The van der Waals surface area contributed by atoms with Crippen molar-refractivity contribution in [2.24, 2.45) is 5.73 Å². The summed E-state index contributed by atoms with van der Waals surface area (Å²) in [4.78, 5) is 9.25. The van der Waals surface area contributed by atoms with Crippen LogP contribution < -0.4 is 15.8 Å². The minimum absolute atomic E-state index is 0.468. The van der Waals surface area contributed by atoms with Crippen molar-refractivity contribution in [1.29, 1.82) is 0 Å². The molecule has 0 aliphatic carbocycles. The van der Waals surface area contributed by atoms with Gasteiger partial charge in [0.25, 0.3) is 0 Å². The van der Waals surface area contributed by atoms with E-state index in [9.17, 15) is 4.21 Å². The number of anilines is 2.